The van der Waals surface area contributed by atoms with E-state index < -0.39 is 0 Å². The van der Waals surface area contributed by atoms with Crippen LogP contribution in [-0.2, 0) is 5.75 Å². The highest BCUT2D eigenvalue weighted by molar-refractivity contribution is 7.98. The van der Waals surface area contributed by atoms with Gasteiger partial charge in [0, 0.05) is 22.7 Å². The minimum atomic E-state index is -0.148. The topological polar surface area (TPSA) is 88.5 Å². The summed E-state index contributed by atoms with van der Waals surface area (Å²) in [5, 5.41) is 14.9. The molecule has 0 aliphatic rings. The molecule has 0 aliphatic carbocycles. The van der Waals surface area contributed by atoms with Crippen LogP contribution in [0.2, 0.25) is 0 Å². The Morgan fingerprint density at radius 2 is 1.97 bits per heavy atom. The van der Waals surface area contributed by atoms with E-state index in [4.69, 9.17) is 0 Å². The first-order valence-corrected chi connectivity index (χ1v) is 10.1. The molecule has 4 rings (SSSR count). The zero-order valence-electron chi connectivity index (χ0n) is 16.1. The van der Waals surface area contributed by atoms with Crippen LogP contribution >= 0.6 is 11.8 Å². The van der Waals surface area contributed by atoms with E-state index in [2.05, 4.69) is 25.6 Å². The van der Waals surface area contributed by atoms with Crippen molar-refractivity contribution in [1.82, 2.24) is 25.0 Å². The minimum absolute atomic E-state index is 0.148. The molecule has 0 spiro atoms. The van der Waals surface area contributed by atoms with E-state index in [1.54, 1.807) is 11.8 Å². The van der Waals surface area contributed by atoms with Crippen molar-refractivity contribution in [2.45, 2.75) is 24.8 Å². The molecule has 2 aromatic heterocycles. The Kier molecular flexibility index (Phi) is 5.44. The second-order valence-corrected chi connectivity index (χ2v) is 7.58. The van der Waals surface area contributed by atoms with Crippen molar-refractivity contribution in [1.29, 1.82) is 0 Å². The average Bonchev–Trinajstić information content (AvgIpc) is 3.36. The molecular formula is C21H20N6OS. The van der Waals surface area contributed by atoms with E-state index in [-0.39, 0.29) is 5.91 Å². The summed E-state index contributed by atoms with van der Waals surface area (Å²) < 4.78 is 1.87. The minimum Gasteiger partial charge on any atom is -0.322 e. The zero-order valence-corrected chi connectivity index (χ0v) is 16.9. The number of carbonyl (C=O) groups is 1. The molecule has 0 fully saturated rings. The maximum Gasteiger partial charge on any atom is 0.255 e. The third-order valence-corrected chi connectivity index (χ3v) is 5.29. The van der Waals surface area contributed by atoms with Gasteiger partial charge in [0.05, 0.1) is 11.4 Å². The number of aromatic nitrogens is 5. The number of aromatic amines is 1. The van der Waals surface area contributed by atoms with Gasteiger partial charge in [-0.2, -0.15) is 10.2 Å². The summed E-state index contributed by atoms with van der Waals surface area (Å²) in [5.41, 5.74) is 5.35. The molecule has 1 amide bonds. The van der Waals surface area contributed by atoms with Crippen molar-refractivity contribution < 1.29 is 4.79 Å². The van der Waals surface area contributed by atoms with Gasteiger partial charge in [-0.25, -0.2) is 9.67 Å². The highest BCUT2D eigenvalue weighted by Gasteiger charge is 2.09. The highest BCUT2D eigenvalue weighted by Crippen LogP contribution is 2.20. The fraction of sp³-hybridized carbons (Fsp3) is 0.143. The summed E-state index contributed by atoms with van der Waals surface area (Å²) in [6.45, 7) is 3.97. The van der Waals surface area contributed by atoms with Gasteiger partial charge in [0.25, 0.3) is 5.91 Å². The fourth-order valence-electron chi connectivity index (χ4n) is 2.98. The molecule has 4 aromatic rings. The summed E-state index contributed by atoms with van der Waals surface area (Å²) >= 11 is 1.56. The lowest BCUT2D eigenvalue weighted by molar-refractivity contribution is 0.102. The van der Waals surface area contributed by atoms with Gasteiger partial charge in [-0.3, -0.25) is 9.89 Å². The van der Waals surface area contributed by atoms with Gasteiger partial charge < -0.3 is 5.32 Å². The SMILES string of the molecule is Cc1cc(C)n(-c2cccc(NC(=O)c3ccc(CSc4ncn[nH]4)cc3)c2)n1. The number of benzene rings is 2. The number of anilines is 1. The Labute approximate surface area is 172 Å². The standard InChI is InChI=1S/C21H20N6OS/c1-14-10-15(2)27(26-14)19-5-3-4-18(11-19)24-20(28)17-8-6-16(7-9-17)12-29-21-22-13-23-25-21/h3-11,13H,12H2,1-2H3,(H,24,28)(H,22,23,25). The summed E-state index contributed by atoms with van der Waals surface area (Å²) in [6, 6.07) is 17.2. The van der Waals surface area contributed by atoms with Crippen molar-refractivity contribution in [3.8, 4) is 5.69 Å². The first-order valence-electron chi connectivity index (χ1n) is 9.10. The lowest BCUT2D eigenvalue weighted by Crippen LogP contribution is -2.12. The molecule has 0 saturated carbocycles. The molecule has 0 saturated heterocycles. The van der Waals surface area contributed by atoms with E-state index in [9.17, 15) is 4.79 Å². The molecule has 0 aliphatic heterocycles. The van der Waals surface area contributed by atoms with Crippen LogP contribution in [0.5, 0.6) is 0 Å². The molecule has 0 bridgehead atoms. The second-order valence-electron chi connectivity index (χ2n) is 6.62. The first-order chi connectivity index (χ1) is 14.1. The predicted molar refractivity (Wildman–Crippen MR) is 113 cm³/mol. The van der Waals surface area contributed by atoms with Crippen LogP contribution in [0.15, 0.2) is 66.1 Å². The van der Waals surface area contributed by atoms with Crippen LogP contribution in [0, 0.1) is 13.8 Å². The van der Waals surface area contributed by atoms with Crippen molar-refractivity contribution in [3.05, 3.63) is 83.4 Å². The highest BCUT2D eigenvalue weighted by atomic mass is 32.2. The van der Waals surface area contributed by atoms with Crippen molar-refractivity contribution in [3.63, 3.8) is 0 Å². The van der Waals surface area contributed by atoms with Crippen LogP contribution in [0.1, 0.15) is 27.3 Å². The van der Waals surface area contributed by atoms with E-state index in [0.717, 1.165) is 39.2 Å². The molecule has 0 radical (unpaired) electrons. The van der Waals surface area contributed by atoms with Crippen molar-refractivity contribution in [2.75, 3.05) is 5.32 Å². The molecule has 2 N–H and O–H groups in total. The van der Waals surface area contributed by atoms with Crippen molar-refractivity contribution in [2.24, 2.45) is 0 Å². The molecule has 0 atom stereocenters. The smallest absolute Gasteiger partial charge is 0.255 e. The van der Waals surface area contributed by atoms with Gasteiger partial charge in [-0.05, 0) is 55.8 Å². The summed E-state index contributed by atoms with van der Waals surface area (Å²) in [5.74, 6) is 0.604. The summed E-state index contributed by atoms with van der Waals surface area (Å²) in [4.78, 5) is 16.7. The van der Waals surface area contributed by atoms with Crippen LogP contribution in [0.3, 0.4) is 0 Å². The van der Waals surface area contributed by atoms with Gasteiger partial charge in [0.1, 0.15) is 6.33 Å². The van der Waals surface area contributed by atoms with Crippen LogP contribution < -0.4 is 5.32 Å². The molecule has 7 nitrogen and oxygen atoms in total. The third kappa shape index (κ3) is 4.55. The number of aryl methyl sites for hydroxylation is 2. The number of carbonyl (C=O) groups excluding carboxylic acids is 1. The summed E-state index contributed by atoms with van der Waals surface area (Å²) in [6.07, 6.45) is 1.49. The Hall–Kier alpha value is -3.39. The monoisotopic (exact) mass is 404 g/mol. The van der Waals surface area contributed by atoms with Gasteiger partial charge in [0.2, 0.25) is 0 Å². The number of amides is 1. The molecule has 29 heavy (non-hydrogen) atoms. The quantitative estimate of drug-likeness (QED) is 0.471. The number of thioether (sulfide) groups is 1. The first kappa shape index (κ1) is 18.9. The Morgan fingerprint density at radius 1 is 1.14 bits per heavy atom. The average molecular weight is 404 g/mol. The number of rotatable bonds is 6. The van der Waals surface area contributed by atoms with Crippen LogP contribution in [-0.4, -0.2) is 30.9 Å². The largest absolute Gasteiger partial charge is 0.322 e. The molecule has 2 aromatic carbocycles. The Bertz CT molecular complexity index is 1120. The fourth-order valence-corrected chi connectivity index (χ4v) is 3.71. The van der Waals surface area contributed by atoms with Gasteiger partial charge in [0.15, 0.2) is 5.16 Å². The second kappa shape index (κ2) is 8.32. The van der Waals surface area contributed by atoms with Crippen molar-refractivity contribution >= 4 is 23.4 Å². The molecular weight excluding hydrogens is 384 g/mol. The Morgan fingerprint density at radius 3 is 2.66 bits per heavy atom. The number of nitrogens with zero attached hydrogens (tertiary/aromatic N) is 4. The molecule has 0 unspecified atom stereocenters. The van der Waals surface area contributed by atoms with E-state index in [0.29, 0.717) is 5.56 Å². The van der Waals surface area contributed by atoms with E-state index in [1.165, 1.54) is 6.33 Å². The molecule has 146 valence electrons. The third-order valence-electron chi connectivity index (χ3n) is 4.34. The number of nitrogens with one attached hydrogen (secondary N) is 2. The normalized spacial score (nSPS) is 10.8. The van der Waals surface area contributed by atoms with Crippen LogP contribution in [0.4, 0.5) is 5.69 Å². The predicted octanol–water partition coefficient (Wildman–Crippen LogP) is 4.15. The lowest BCUT2D eigenvalue weighted by atomic mass is 10.1. The van der Waals surface area contributed by atoms with E-state index in [1.807, 2.05) is 73.1 Å². The lowest BCUT2D eigenvalue weighted by Gasteiger charge is -2.09. The van der Waals surface area contributed by atoms with Gasteiger partial charge in [-0.1, -0.05) is 30.0 Å². The zero-order chi connectivity index (χ0) is 20.2. The van der Waals surface area contributed by atoms with Gasteiger partial charge in [-0.15, -0.1) is 0 Å². The van der Waals surface area contributed by atoms with E-state index >= 15 is 0 Å². The number of hydrogen-bond acceptors (Lipinski definition) is 5. The molecule has 2 heterocycles. The molecule has 8 heteroatoms. The number of hydrogen-bond donors (Lipinski definition) is 2. The summed E-state index contributed by atoms with van der Waals surface area (Å²) in [7, 11) is 0. The Balaban J connectivity index is 1.42. The maximum atomic E-state index is 12.6. The maximum absolute atomic E-state index is 12.6. The van der Waals surface area contributed by atoms with Crippen LogP contribution in [0.25, 0.3) is 5.69 Å². The van der Waals surface area contributed by atoms with Gasteiger partial charge >= 0.3 is 0 Å². The number of H-pyrrole nitrogens is 1.